The lowest BCUT2D eigenvalue weighted by Crippen LogP contribution is -2.03. The standard InChI is InChI=1S/C15H16Cl2N2O/c1-2-4-18-15-6-11(3-5-19-15)10-20-14-8-12(16)7-13(17)9-14/h3,5-9H,2,4,10H2,1H3,(H,18,19). The summed E-state index contributed by atoms with van der Waals surface area (Å²) in [7, 11) is 0. The zero-order valence-electron chi connectivity index (χ0n) is 11.2. The molecule has 0 bridgehead atoms. The number of nitrogens with one attached hydrogen (secondary N) is 1. The van der Waals surface area contributed by atoms with E-state index in [0.29, 0.717) is 22.4 Å². The molecule has 0 radical (unpaired) electrons. The van der Waals surface area contributed by atoms with Crippen LogP contribution in [0.1, 0.15) is 18.9 Å². The second-order valence-corrected chi connectivity index (χ2v) is 5.24. The molecule has 0 spiro atoms. The fraction of sp³-hybridized carbons (Fsp3) is 0.267. The van der Waals surface area contributed by atoms with Gasteiger partial charge in [0, 0.05) is 22.8 Å². The molecule has 1 aromatic carbocycles. The van der Waals surface area contributed by atoms with Crippen LogP contribution < -0.4 is 10.1 Å². The molecule has 2 rings (SSSR count). The van der Waals surface area contributed by atoms with E-state index in [9.17, 15) is 0 Å². The van der Waals surface area contributed by atoms with Crippen molar-refractivity contribution in [3.63, 3.8) is 0 Å². The number of nitrogens with zero attached hydrogens (tertiary/aromatic N) is 1. The van der Waals surface area contributed by atoms with Gasteiger partial charge in [0.05, 0.1) is 0 Å². The first-order chi connectivity index (χ1) is 9.67. The molecular weight excluding hydrogens is 295 g/mol. The molecule has 0 saturated heterocycles. The first-order valence-electron chi connectivity index (χ1n) is 6.45. The molecule has 0 aliphatic heterocycles. The van der Waals surface area contributed by atoms with Gasteiger partial charge in [-0.1, -0.05) is 30.1 Å². The highest BCUT2D eigenvalue weighted by Gasteiger charge is 2.01. The Kier molecular flexibility index (Phi) is 5.50. The first-order valence-corrected chi connectivity index (χ1v) is 7.20. The van der Waals surface area contributed by atoms with Crippen molar-refractivity contribution in [2.45, 2.75) is 20.0 Å². The van der Waals surface area contributed by atoms with Crippen LogP contribution in [0, 0.1) is 0 Å². The topological polar surface area (TPSA) is 34.1 Å². The lowest BCUT2D eigenvalue weighted by Gasteiger charge is -2.09. The Morgan fingerprint density at radius 1 is 1.15 bits per heavy atom. The molecule has 2 aromatic rings. The molecule has 0 atom stereocenters. The summed E-state index contributed by atoms with van der Waals surface area (Å²) in [6.45, 7) is 3.46. The summed E-state index contributed by atoms with van der Waals surface area (Å²) in [5, 5.41) is 4.37. The Labute approximate surface area is 128 Å². The lowest BCUT2D eigenvalue weighted by atomic mass is 10.2. The third kappa shape index (κ3) is 4.58. The van der Waals surface area contributed by atoms with Gasteiger partial charge >= 0.3 is 0 Å². The van der Waals surface area contributed by atoms with Gasteiger partial charge in [-0.25, -0.2) is 4.98 Å². The minimum absolute atomic E-state index is 0.444. The average Bonchev–Trinajstić information content (AvgIpc) is 2.42. The van der Waals surface area contributed by atoms with E-state index in [1.165, 1.54) is 0 Å². The number of pyridine rings is 1. The summed E-state index contributed by atoms with van der Waals surface area (Å²) in [6.07, 6.45) is 2.82. The van der Waals surface area contributed by atoms with Crippen molar-refractivity contribution in [3.05, 3.63) is 52.1 Å². The fourth-order valence-electron chi connectivity index (χ4n) is 1.69. The SMILES string of the molecule is CCCNc1cc(COc2cc(Cl)cc(Cl)c2)ccn1. The van der Waals surface area contributed by atoms with E-state index in [-0.39, 0.29) is 0 Å². The molecule has 0 amide bonds. The maximum absolute atomic E-state index is 5.93. The molecular formula is C15H16Cl2N2O. The van der Waals surface area contributed by atoms with E-state index in [4.69, 9.17) is 27.9 Å². The van der Waals surface area contributed by atoms with Gasteiger partial charge in [0.15, 0.2) is 0 Å². The summed E-state index contributed by atoms with van der Waals surface area (Å²) >= 11 is 11.9. The van der Waals surface area contributed by atoms with Crippen molar-refractivity contribution in [1.82, 2.24) is 4.98 Å². The van der Waals surface area contributed by atoms with Gasteiger partial charge in [0.25, 0.3) is 0 Å². The van der Waals surface area contributed by atoms with Crippen molar-refractivity contribution in [3.8, 4) is 5.75 Å². The van der Waals surface area contributed by atoms with Crippen LogP contribution in [0.4, 0.5) is 5.82 Å². The first kappa shape index (κ1) is 14.9. The number of hydrogen-bond donors (Lipinski definition) is 1. The van der Waals surface area contributed by atoms with Crippen LogP contribution in [0.15, 0.2) is 36.5 Å². The van der Waals surface area contributed by atoms with Crippen LogP contribution in [-0.2, 0) is 6.61 Å². The number of ether oxygens (including phenoxy) is 1. The van der Waals surface area contributed by atoms with Gasteiger partial charge in [-0.15, -0.1) is 0 Å². The van der Waals surface area contributed by atoms with Crippen molar-refractivity contribution in [2.75, 3.05) is 11.9 Å². The van der Waals surface area contributed by atoms with Crippen LogP contribution in [0.3, 0.4) is 0 Å². The maximum atomic E-state index is 5.93. The zero-order valence-corrected chi connectivity index (χ0v) is 12.7. The predicted molar refractivity (Wildman–Crippen MR) is 83.8 cm³/mol. The molecule has 0 aliphatic rings. The molecule has 20 heavy (non-hydrogen) atoms. The van der Waals surface area contributed by atoms with Gasteiger partial charge in [-0.3, -0.25) is 0 Å². The summed E-state index contributed by atoms with van der Waals surface area (Å²) in [5.74, 6) is 1.51. The Balaban J connectivity index is 1.99. The molecule has 0 unspecified atom stereocenters. The highest BCUT2D eigenvalue weighted by molar-refractivity contribution is 6.34. The van der Waals surface area contributed by atoms with Crippen molar-refractivity contribution in [2.24, 2.45) is 0 Å². The number of rotatable bonds is 6. The maximum Gasteiger partial charge on any atom is 0.126 e. The molecule has 1 aromatic heterocycles. The number of aromatic nitrogens is 1. The molecule has 5 heteroatoms. The fourth-order valence-corrected chi connectivity index (χ4v) is 2.20. The molecule has 0 aliphatic carbocycles. The second kappa shape index (κ2) is 7.36. The highest BCUT2D eigenvalue weighted by Crippen LogP contribution is 2.24. The largest absolute Gasteiger partial charge is 0.489 e. The van der Waals surface area contributed by atoms with E-state index in [1.807, 2.05) is 12.1 Å². The second-order valence-electron chi connectivity index (χ2n) is 4.37. The van der Waals surface area contributed by atoms with E-state index >= 15 is 0 Å². The minimum Gasteiger partial charge on any atom is -0.489 e. The average molecular weight is 311 g/mol. The van der Waals surface area contributed by atoms with Crippen LogP contribution >= 0.6 is 23.2 Å². The van der Waals surface area contributed by atoms with Crippen LogP contribution in [0.25, 0.3) is 0 Å². The Bertz CT molecular complexity index is 555. The number of halogens is 2. The van der Waals surface area contributed by atoms with Gasteiger partial charge < -0.3 is 10.1 Å². The van der Waals surface area contributed by atoms with E-state index in [0.717, 1.165) is 24.3 Å². The molecule has 1 N–H and O–H groups in total. The Morgan fingerprint density at radius 2 is 1.90 bits per heavy atom. The van der Waals surface area contributed by atoms with Crippen LogP contribution in [0.2, 0.25) is 10.0 Å². The Morgan fingerprint density at radius 3 is 2.60 bits per heavy atom. The normalized spacial score (nSPS) is 10.3. The molecule has 1 heterocycles. The molecule has 106 valence electrons. The van der Waals surface area contributed by atoms with Gasteiger partial charge in [-0.05, 0) is 42.3 Å². The summed E-state index contributed by atoms with van der Waals surface area (Å²) in [5.41, 5.74) is 1.04. The third-order valence-corrected chi connectivity index (χ3v) is 3.06. The van der Waals surface area contributed by atoms with Crippen LogP contribution in [-0.4, -0.2) is 11.5 Å². The third-order valence-electron chi connectivity index (χ3n) is 2.62. The molecule has 3 nitrogen and oxygen atoms in total. The molecule has 0 fully saturated rings. The minimum atomic E-state index is 0.444. The smallest absolute Gasteiger partial charge is 0.126 e. The number of anilines is 1. The molecule has 0 saturated carbocycles. The number of benzene rings is 1. The summed E-state index contributed by atoms with van der Waals surface area (Å²) < 4.78 is 5.69. The van der Waals surface area contributed by atoms with Crippen molar-refractivity contribution in [1.29, 1.82) is 0 Å². The Hall–Kier alpha value is -1.45. The predicted octanol–water partition coefficient (Wildman–Crippen LogP) is 4.79. The quantitative estimate of drug-likeness (QED) is 0.833. The summed E-state index contributed by atoms with van der Waals surface area (Å²) in [6, 6.07) is 9.05. The summed E-state index contributed by atoms with van der Waals surface area (Å²) in [4.78, 5) is 4.25. The monoisotopic (exact) mass is 310 g/mol. The zero-order chi connectivity index (χ0) is 14.4. The van der Waals surface area contributed by atoms with E-state index in [2.05, 4.69) is 17.2 Å². The van der Waals surface area contributed by atoms with Crippen LogP contribution in [0.5, 0.6) is 5.75 Å². The van der Waals surface area contributed by atoms with Crippen molar-refractivity contribution < 1.29 is 4.74 Å². The van der Waals surface area contributed by atoms with Gasteiger partial charge in [0.1, 0.15) is 18.2 Å². The van der Waals surface area contributed by atoms with E-state index in [1.54, 1.807) is 24.4 Å². The van der Waals surface area contributed by atoms with Gasteiger partial charge in [0.2, 0.25) is 0 Å². The highest BCUT2D eigenvalue weighted by atomic mass is 35.5. The number of hydrogen-bond acceptors (Lipinski definition) is 3. The van der Waals surface area contributed by atoms with Crippen molar-refractivity contribution >= 4 is 29.0 Å². The lowest BCUT2D eigenvalue weighted by molar-refractivity contribution is 0.306. The van der Waals surface area contributed by atoms with Gasteiger partial charge in [-0.2, -0.15) is 0 Å². The van der Waals surface area contributed by atoms with E-state index < -0.39 is 0 Å².